The van der Waals surface area contributed by atoms with Gasteiger partial charge in [-0.3, -0.25) is 18.7 Å². The molecule has 1 N–H and O–H groups in total. The summed E-state index contributed by atoms with van der Waals surface area (Å²) in [5.41, 5.74) is 1.24. The molecule has 1 saturated heterocycles. The maximum absolute atomic E-state index is 12.9. The number of hydrogen-bond acceptors (Lipinski definition) is 6. The molecule has 0 spiro atoms. The lowest BCUT2D eigenvalue weighted by molar-refractivity contribution is -0.114. The SMILES string of the molecule is CN(C)C(=O)c1ccc(N(CC(=O)Nc2ccccc2C(=O)N2CCOCC2)S(C)(=O)=O)cc1. The molecule has 1 aliphatic rings. The summed E-state index contributed by atoms with van der Waals surface area (Å²) in [4.78, 5) is 40.9. The Morgan fingerprint density at radius 1 is 1.00 bits per heavy atom. The van der Waals surface area contributed by atoms with E-state index in [0.29, 0.717) is 43.1 Å². The van der Waals surface area contributed by atoms with Crippen LogP contribution in [0.5, 0.6) is 0 Å². The van der Waals surface area contributed by atoms with Gasteiger partial charge in [-0.1, -0.05) is 12.1 Å². The van der Waals surface area contributed by atoms with Crippen LogP contribution in [0.25, 0.3) is 0 Å². The molecule has 182 valence electrons. The van der Waals surface area contributed by atoms with Crippen molar-refractivity contribution in [1.82, 2.24) is 9.80 Å². The van der Waals surface area contributed by atoms with Crippen molar-refractivity contribution in [3.8, 4) is 0 Å². The fraction of sp³-hybridized carbons (Fsp3) is 0.348. The highest BCUT2D eigenvalue weighted by atomic mass is 32.2. The number of carbonyl (C=O) groups excluding carboxylic acids is 3. The molecule has 1 aliphatic heterocycles. The highest BCUT2D eigenvalue weighted by Crippen LogP contribution is 2.21. The summed E-state index contributed by atoms with van der Waals surface area (Å²) in [6, 6.07) is 12.5. The van der Waals surface area contributed by atoms with Crippen LogP contribution < -0.4 is 9.62 Å². The number of nitrogens with one attached hydrogen (secondary N) is 1. The Kier molecular flexibility index (Phi) is 7.90. The van der Waals surface area contributed by atoms with Crippen LogP contribution in [-0.4, -0.2) is 89.1 Å². The standard InChI is InChI=1S/C23H28N4O6S/c1-25(2)22(29)17-8-10-18(11-9-17)27(34(3,31)32)16-21(28)24-20-7-5-4-6-19(20)23(30)26-12-14-33-15-13-26/h4-11H,12-16H2,1-3H3,(H,24,28). The van der Waals surface area contributed by atoms with Gasteiger partial charge >= 0.3 is 0 Å². The first-order valence-electron chi connectivity index (χ1n) is 10.6. The molecular weight excluding hydrogens is 460 g/mol. The molecular formula is C23H28N4O6S. The molecule has 1 fully saturated rings. The predicted octanol–water partition coefficient (Wildman–Crippen LogP) is 1.27. The van der Waals surface area contributed by atoms with Crippen LogP contribution in [-0.2, 0) is 19.6 Å². The first-order chi connectivity index (χ1) is 16.1. The number of sulfonamides is 1. The van der Waals surface area contributed by atoms with E-state index in [-0.39, 0.29) is 17.5 Å². The largest absolute Gasteiger partial charge is 0.378 e. The van der Waals surface area contributed by atoms with Crippen LogP contribution in [0.3, 0.4) is 0 Å². The van der Waals surface area contributed by atoms with Crippen LogP contribution in [0.4, 0.5) is 11.4 Å². The van der Waals surface area contributed by atoms with Crippen LogP contribution >= 0.6 is 0 Å². The molecule has 0 aromatic heterocycles. The lowest BCUT2D eigenvalue weighted by Crippen LogP contribution is -2.41. The van der Waals surface area contributed by atoms with E-state index in [9.17, 15) is 22.8 Å². The van der Waals surface area contributed by atoms with Crippen molar-refractivity contribution in [3.63, 3.8) is 0 Å². The summed E-state index contributed by atoms with van der Waals surface area (Å²) >= 11 is 0. The van der Waals surface area contributed by atoms with Crippen molar-refractivity contribution in [3.05, 3.63) is 59.7 Å². The van der Waals surface area contributed by atoms with Gasteiger partial charge in [-0.2, -0.15) is 0 Å². The number of nitrogens with zero attached hydrogens (tertiary/aromatic N) is 3. The molecule has 0 atom stereocenters. The van der Waals surface area contributed by atoms with E-state index in [2.05, 4.69) is 5.32 Å². The van der Waals surface area contributed by atoms with Gasteiger partial charge in [0.15, 0.2) is 0 Å². The number of carbonyl (C=O) groups is 3. The number of ether oxygens (including phenoxy) is 1. The van der Waals surface area contributed by atoms with Gasteiger partial charge in [-0.05, 0) is 36.4 Å². The topological polar surface area (TPSA) is 116 Å². The van der Waals surface area contributed by atoms with Gasteiger partial charge in [-0.15, -0.1) is 0 Å². The van der Waals surface area contributed by atoms with Crippen LogP contribution in [0.1, 0.15) is 20.7 Å². The quantitative estimate of drug-likeness (QED) is 0.627. The highest BCUT2D eigenvalue weighted by Gasteiger charge is 2.24. The maximum Gasteiger partial charge on any atom is 0.256 e. The Morgan fingerprint density at radius 3 is 2.21 bits per heavy atom. The maximum atomic E-state index is 12.9. The summed E-state index contributed by atoms with van der Waals surface area (Å²) in [6.07, 6.45) is 0.995. The fourth-order valence-corrected chi connectivity index (χ4v) is 4.32. The van der Waals surface area contributed by atoms with Crippen LogP contribution in [0, 0.1) is 0 Å². The number of morpholine rings is 1. The normalized spacial score (nSPS) is 13.8. The van der Waals surface area contributed by atoms with Crippen molar-refractivity contribution in [2.24, 2.45) is 0 Å². The third-order valence-corrected chi connectivity index (χ3v) is 6.37. The summed E-state index contributed by atoms with van der Waals surface area (Å²) in [5, 5.41) is 2.66. The Bertz CT molecular complexity index is 1160. The predicted molar refractivity (Wildman–Crippen MR) is 128 cm³/mol. The van der Waals surface area contributed by atoms with E-state index in [1.807, 2.05) is 0 Å². The van der Waals surface area contributed by atoms with E-state index >= 15 is 0 Å². The molecule has 0 unspecified atom stereocenters. The zero-order chi connectivity index (χ0) is 24.9. The molecule has 11 heteroatoms. The van der Waals surface area contributed by atoms with Gasteiger partial charge in [-0.25, -0.2) is 8.42 Å². The average molecular weight is 489 g/mol. The molecule has 3 amide bonds. The van der Waals surface area contributed by atoms with E-state index in [4.69, 9.17) is 4.74 Å². The lowest BCUT2D eigenvalue weighted by atomic mass is 10.1. The minimum atomic E-state index is -3.81. The number of benzene rings is 2. The molecule has 2 aromatic carbocycles. The number of para-hydroxylation sites is 1. The molecule has 10 nitrogen and oxygen atoms in total. The third kappa shape index (κ3) is 6.12. The summed E-state index contributed by atoms with van der Waals surface area (Å²) in [6.45, 7) is 1.30. The van der Waals surface area contributed by atoms with Gasteiger partial charge in [0.05, 0.1) is 36.4 Å². The monoisotopic (exact) mass is 488 g/mol. The van der Waals surface area contributed by atoms with E-state index < -0.39 is 22.5 Å². The smallest absolute Gasteiger partial charge is 0.256 e. The fourth-order valence-electron chi connectivity index (χ4n) is 3.46. The zero-order valence-corrected chi connectivity index (χ0v) is 20.2. The number of rotatable bonds is 7. The first kappa shape index (κ1) is 25.2. The van der Waals surface area contributed by atoms with Crippen molar-refractivity contribution >= 4 is 39.1 Å². The van der Waals surface area contributed by atoms with Crippen LogP contribution in [0.15, 0.2) is 48.5 Å². The zero-order valence-electron chi connectivity index (χ0n) is 19.4. The number of hydrogen-bond donors (Lipinski definition) is 1. The number of amides is 3. The second-order valence-electron chi connectivity index (χ2n) is 8.01. The summed E-state index contributed by atoms with van der Waals surface area (Å²) in [7, 11) is -0.578. The van der Waals surface area contributed by atoms with Gasteiger partial charge in [0.25, 0.3) is 11.8 Å². The Labute approximate surface area is 199 Å². The Morgan fingerprint density at radius 2 is 1.62 bits per heavy atom. The Balaban J connectivity index is 1.78. The third-order valence-electron chi connectivity index (χ3n) is 5.23. The van der Waals surface area contributed by atoms with Crippen molar-refractivity contribution in [2.45, 2.75) is 0 Å². The minimum Gasteiger partial charge on any atom is -0.378 e. The van der Waals surface area contributed by atoms with Crippen LogP contribution in [0.2, 0.25) is 0 Å². The van der Waals surface area contributed by atoms with Gasteiger partial charge in [0.2, 0.25) is 15.9 Å². The summed E-state index contributed by atoms with van der Waals surface area (Å²) < 4.78 is 31.1. The van der Waals surface area contributed by atoms with E-state index in [1.54, 1.807) is 43.3 Å². The second-order valence-corrected chi connectivity index (χ2v) is 9.92. The molecule has 0 saturated carbocycles. The average Bonchev–Trinajstić information content (AvgIpc) is 2.82. The van der Waals surface area contributed by atoms with Gasteiger partial charge in [0.1, 0.15) is 6.54 Å². The lowest BCUT2D eigenvalue weighted by Gasteiger charge is -2.27. The molecule has 3 rings (SSSR count). The van der Waals surface area contributed by atoms with Gasteiger partial charge in [0, 0.05) is 32.7 Å². The number of anilines is 2. The van der Waals surface area contributed by atoms with Crippen molar-refractivity contribution in [2.75, 3.05) is 62.8 Å². The molecule has 0 radical (unpaired) electrons. The molecule has 0 bridgehead atoms. The summed E-state index contributed by atoms with van der Waals surface area (Å²) in [5.74, 6) is -1.07. The first-order valence-corrected chi connectivity index (χ1v) is 12.5. The molecule has 34 heavy (non-hydrogen) atoms. The van der Waals surface area contributed by atoms with Gasteiger partial charge < -0.3 is 19.9 Å². The highest BCUT2D eigenvalue weighted by molar-refractivity contribution is 7.92. The molecule has 0 aliphatic carbocycles. The van der Waals surface area contributed by atoms with Crippen molar-refractivity contribution < 1.29 is 27.5 Å². The second kappa shape index (κ2) is 10.7. The van der Waals surface area contributed by atoms with E-state index in [0.717, 1.165) is 10.6 Å². The van der Waals surface area contributed by atoms with E-state index in [1.165, 1.54) is 29.2 Å². The molecule has 2 aromatic rings. The Hall–Kier alpha value is -3.44. The minimum absolute atomic E-state index is 0.225. The molecule has 1 heterocycles. The van der Waals surface area contributed by atoms with Crippen molar-refractivity contribution in [1.29, 1.82) is 0 Å².